The summed E-state index contributed by atoms with van der Waals surface area (Å²) in [6, 6.07) is 5.18. The van der Waals surface area contributed by atoms with Crippen molar-refractivity contribution in [2.45, 2.75) is 6.92 Å². The van der Waals surface area contributed by atoms with Crippen molar-refractivity contribution in [3.05, 3.63) is 28.8 Å². The predicted octanol–water partition coefficient (Wildman–Crippen LogP) is 1.88. The van der Waals surface area contributed by atoms with Crippen LogP contribution in [-0.2, 0) is 4.79 Å². The Morgan fingerprint density at radius 3 is 2.57 bits per heavy atom. The number of nitrogens with zero attached hydrogens (tertiary/aromatic N) is 2. The number of nitrogens with one attached hydrogen (secondary N) is 1. The molecule has 1 aliphatic rings. The van der Waals surface area contributed by atoms with Crippen molar-refractivity contribution in [2.75, 3.05) is 38.0 Å². The third-order valence-corrected chi connectivity index (χ3v) is 3.94. The van der Waals surface area contributed by atoms with Crippen molar-refractivity contribution < 1.29 is 14.7 Å². The predicted molar refractivity (Wildman–Crippen MR) is 80.9 cm³/mol. The lowest BCUT2D eigenvalue weighted by molar-refractivity contribution is -0.138. The number of piperazine rings is 1. The van der Waals surface area contributed by atoms with Crippen LogP contribution in [0.15, 0.2) is 18.2 Å². The van der Waals surface area contributed by atoms with Gasteiger partial charge in [-0.2, -0.15) is 0 Å². The largest absolute Gasteiger partial charge is 0.480 e. The van der Waals surface area contributed by atoms with Crippen LogP contribution in [0.2, 0.25) is 5.02 Å². The van der Waals surface area contributed by atoms with Gasteiger partial charge >= 0.3 is 12.0 Å². The Balaban J connectivity index is 1.90. The Morgan fingerprint density at radius 1 is 1.29 bits per heavy atom. The molecule has 2 N–H and O–H groups in total. The zero-order chi connectivity index (χ0) is 15.4. The Labute approximate surface area is 128 Å². The first-order valence-electron chi connectivity index (χ1n) is 6.72. The summed E-state index contributed by atoms with van der Waals surface area (Å²) in [6.45, 7) is 4.02. The van der Waals surface area contributed by atoms with Crippen molar-refractivity contribution in [1.82, 2.24) is 9.80 Å². The lowest BCUT2D eigenvalue weighted by atomic mass is 10.2. The molecule has 0 aromatic heterocycles. The topological polar surface area (TPSA) is 72.9 Å². The van der Waals surface area contributed by atoms with E-state index in [9.17, 15) is 9.59 Å². The number of aliphatic carboxylic acids is 1. The van der Waals surface area contributed by atoms with Crippen molar-refractivity contribution in [2.24, 2.45) is 0 Å². The average molecular weight is 312 g/mol. The second-order valence-electron chi connectivity index (χ2n) is 5.00. The Hall–Kier alpha value is -1.79. The lowest BCUT2D eigenvalue weighted by Crippen LogP contribution is -2.51. The first-order chi connectivity index (χ1) is 9.97. The molecule has 6 nitrogen and oxygen atoms in total. The van der Waals surface area contributed by atoms with Gasteiger partial charge in [-0.1, -0.05) is 17.7 Å². The third kappa shape index (κ3) is 4.09. The number of rotatable bonds is 3. The zero-order valence-corrected chi connectivity index (χ0v) is 12.6. The fourth-order valence-electron chi connectivity index (χ4n) is 2.24. The molecule has 1 fully saturated rings. The summed E-state index contributed by atoms with van der Waals surface area (Å²) in [6.07, 6.45) is 0. The zero-order valence-electron chi connectivity index (χ0n) is 11.8. The molecular weight excluding hydrogens is 294 g/mol. The summed E-state index contributed by atoms with van der Waals surface area (Å²) in [5.74, 6) is -0.845. The fourth-order valence-corrected chi connectivity index (χ4v) is 2.41. The highest BCUT2D eigenvalue weighted by atomic mass is 35.5. The van der Waals surface area contributed by atoms with Crippen molar-refractivity contribution >= 4 is 29.3 Å². The van der Waals surface area contributed by atoms with Crippen LogP contribution in [0.4, 0.5) is 10.5 Å². The number of anilines is 1. The molecular formula is C14H18ClN3O3. The maximum Gasteiger partial charge on any atom is 0.321 e. The number of urea groups is 1. The molecule has 21 heavy (non-hydrogen) atoms. The van der Waals surface area contributed by atoms with Gasteiger partial charge in [0.05, 0.1) is 6.54 Å². The van der Waals surface area contributed by atoms with Gasteiger partial charge in [-0.3, -0.25) is 9.69 Å². The van der Waals surface area contributed by atoms with Gasteiger partial charge in [-0.15, -0.1) is 0 Å². The SMILES string of the molecule is Cc1c(Cl)cccc1NC(=O)N1CCN(CC(=O)O)CC1. The van der Waals surface area contributed by atoms with E-state index in [0.717, 1.165) is 5.56 Å². The van der Waals surface area contributed by atoms with Crippen molar-refractivity contribution in [3.63, 3.8) is 0 Å². The second kappa shape index (κ2) is 6.78. The standard InChI is InChI=1S/C14H18ClN3O3/c1-10-11(15)3-2-4-12(10)16-14(21)18-7-5-17(6-8-18)9-13(19)20/h2-4H,5-9H2,1H3,(H,16,21)(H,19,20). The molecule has 1 aromatic carbocycles. The molecule has 7 heteroatoms. The minimum atomic E-state index is -0.845. The highest BCUT2D eigenvalue weighted by molar-refractivity contribution is 6.31. The molecule has 2 amide bonds. The maximum absolute atomic E-state index is 12.2. The highest BCUT2D eigenvalue weighted by Crippen LogP contribution is 2.23. The summed E-state index contributed by atoms with van der Waals surface area (Å²) >= 11 is 6.02. The summed E-state index contributed by atoms with van der Waals surface area (Å²) in [4.78, 5) is 26.3. The normalized spacial score (nSPS) is 15.8. The van der Waals surface area contributed by atoms with Crippen LogP contribution < -0.4 is 5.32 Å². The van der Waals surface area contributed by atoms with Crippen molar-refractivity contribution in [1.29, 1.82) is 0 Å². The van der Waals surface area contributed by atoms with Crippen LogP contribution in [0.5, 0.6) is 0 Å². The van der Waals surface area contributed by atoms with E-state index < -0.39 is 5.97 Å². The Bertz CT molecular complexity index is 542. The Morgan fingerprint density at radius 2 is 1.95 bits per heavy atom. The number of carbonyl (C=O) groups excluding carboxylic acids is 1. The van der Waals surface area contributed by atoms with Crippen LogP contribution in [0.25, 0.3) is 0 Å². The van der Waals surface area contributed by atoms with Crippen LogP contribution in [0.3, 0.4) is 0 Å². The van der Waals surface area contributed by atoms with Gasteiger partial charge in [0, 0.05) is 36.9 Å². The van der Waals surface area contributed by atoms with Gasteiger partial charge in [-0.25, -0.2) is 4.79 Å². The number of halogens is 1. The first kappa shape index (κ1) is 15.6. The van der Waals surface area contributed by atoms with E-state index in [1.165, 1.54) is 0 Å². The molecule has 0 atom stereocenters. The molecule has 1 saturated heterocycles. The van der Waals surface area contributed by atoms with E-state index in [-0.39, 0.29) is 12.6 Å². The number of carboxylic acid groups (broad SMARTS) is 1. The minimum Gasteiger partial charge on any atom is -0.480 e. The molecule has 114 valence electrons. The fraction of sp³-hybridized carbons (Fsp3) is 0.429. The maximum atomic E-state index is 12.2. The van der Waals surface area contributed by atoms with Gasteiger partial charge in [0.25, 0.3) is 0 Å². The smallest absolute Gasteiger partial charge is 0.321 e. The van der Waals surface area contributed by atoms with Crippen molar-refractivity contribution in [3.8, 4) is 0 Å². The van der Waals surface area contributed by atoms with E-state index >= 15 is 0 Å². The number of carboxylic acids is 1. The number of hydrogen-bond donors (Lipinski definition) is 2. The molecule has 0 saturated carbocycles. The third-order valence-electron chi connectivity index (χ3n) is 3.53. The minimum absolute atomic E-state index is 0.0167. The molecule has 1 heterocycles. The molecule has 1 aromatic rings. The molecule has 0 spiro atoms. The molecule has 0 radical (unpaired) electrons. The summed E-state index contributed by atoms with van der Waals surface area (Å²) in [7, 11) is 0. The quantitative estimate of drug-likeness (QED) is 0.894. The lowest BCUT2D eigenvalue weighted by Gasteiger charge is -2.33. The van der Waals surface area contributed by atoms with Gasteiger partial charge < -0.3 is 15.3 Å². The summed E-state index contributed by atoms with van der Waals surface area (Å²) in [5.41, 5.74) is 1.53. The molecule has 0 unspecified atom stereocenters. The second-order valence-corrected chi connectivity index (χ2v) is 5.41. The number of hydrogen-bond acceptors (Lipinski definition) is 3. The van der Waals surface area contributed by atoms with Gasteiger partial charge in [0.15, 0.2) is 0 Å². The highest BCUT2D eigenvalue weighted by Gasteiger charge is 2.22. The molecule has 0 aliphatic carbocycles. The van der Waals surface area contributed by atoms with Crippen LogP contribution in [0.1, 0.15) is 5.56 Å². The van der Waals surface area contributed by atoms with Crippen LogP contribution in [-0.4, -0.2) is 59.6 Å². The molecule has 1 aliphatic heterocycles. The van der Waals surface area contributed by atoms with E-state index in [0.29, 0.717) is 36.9 Å². The van der Waals surface area contributed by atoms with E-state index in [2.05, 4.69) is 5.32 Å². The number of carbonyl (C=O) groups is 2. The van der Waals surface area contributed by atoms with Crippen LogP contribution >= 0.6 is 11.6 Å². The monoisotopic (exact) mass is 311 g/mol. The van der Waals surface area contributed by atoms with Crippen LogP contribution in [0, 0.1) is 6.92 Å². The van der Waals surface area contributed by atoms with Gasteiger partial charge in [-0.05, 0) is 24.6 Å². The molecule has 2 rings (SSSR count). The summed E-state index contributed by atoms with van der Waals surface area (Å²) in [5, 5.41) is 12.2. The number of amides is 2. The van der Waals surface area contributed by atoms with Gasteiger partial charge in [0.2, 0.25) is 0 Å². The summed E-state index contributed by atoms with van der Waals surface area (Å²) < 4.78 is 0. The van der Waals surface area contributed by atoms with Gasteiger partial charge in [0.1, 0.15) is 0 Å². The van der Waals surface area contributed by atoms with E-state index in [4.69, 9.17) is 16.7 Å². The Kier molecular flexibility index (Phi) is 5.03. The van der Waals surface area contributed by atoms with E-state index in [1.807, 2.05) is 11.8 Å². The molecule has 0 bridgehead atoms. The van der Waals surface area contributed by atoms with E-state index in [1.54, 1.807) is 23.1 Å². The average Bonchev–Trinajstić information content (AvgIpc) is 2.44. The number of benzene rings is 1. The first-order valence-corrected chi connectivity index (χ1v) is 7.10.